The number of nitrogens with one attached hydrogen (secondary N) is 1. The number of hydrogen-bond acceptors (Lipinski definition) is 5. The van der Waals surface area contributed by atoms with Crippen LogP contribution in [0.4, 0.5) is 5.82 Å². The highest BCUT2D eigenvalue weighted by molar-refractivity contribution is 7.13. The fraction of sp³-hybridized carbons (Fsp3) is 0.385. The first-order valence-electron chi connectivity index (χ1n) is 6.26. The average Bonchev–Trinajstić information content (AvgIpc) is 3.10. The first-order chi connectivity index (χ1) is 8.86. The predicted octanol–water partition coefficient (Wildman–Crippen LogP) is 3.15. The third-order valence-electron chi connectivity index (χ3n) is 3.41. The maximum absolute atomic E-state index is 5.50. The number of anilines is 1. The molecule has 5 heteroatoms. The summed E-state index contributed by atoms with van der Waals surface area (Å²) in [5, 5.41) is 2.04. The van der Waals surface area contributed by atoms with E-state index in [9.17, 15) is 0 Å². The Labute approximate surface area is 110 Å². The Morgan fingerprint density at radius 2 is 2.11 bits per heavy atom. The van der Waals surface area contributed by atoms with E-state index in [0.29, 0.717) is 11.7 Å². The molecule has 0 aliphatic heterocycles. The number of rotatable bonds is 3. The topological polar surface area (TPSA) is 63.8 Å². The number of nitrogens with zero attached hydrogens (tertiary/aromatic N) is 2. The second kappa shape index (κ2) is 5.04. The fourth-order valence-electron chi connectivity index (χ4n) is 2.49. The molecule has 0 unspecified atom stereocenters. The summed E-state index contributed by atoms with van der Waals surface area (Å²) in [6.07, 6.45) is 5.05. The quantitative estimate of drug-likeness (QED) is 0.657. The van der Waals surface area contributed by atoms with Crippen molar-refractivity contribution in [2.75, 3.05) is 5.43 Å². The van der Waals surface area contributed by atoms with Gasteiger partial charge < -0.3 is 5.43 Å². The van der Waals surface area contributed by atoms with Gasteiger partial charge in [0.15, 0.2) is 5.82 Å². The lowest BCUT2D eigenvalue weighted by Gasteiger charge is -2.11. The Morgan fingerprint density at radius 3 is 2.78 bits per heavy atom. The number of hydrogen-bond donors (Lipinski definition) is 2. The molecule has 0 atom stereocenters. The van der Waals surface area contributed by atoms with Crippen LogP contribution in [0.3, 0.4) is 0 Å². The van der Waals surface area contributed by atoms with Crippen molar-refractivity contribution < 1.29 is 0 Å². The highest BCUT2D eigenvalue weighted by atomic mass is 32.1. The average molecular weight is 260 g/mol. The van der Waals surface area contributed by atoms with Gasteiger partial charge in [-0.1, -0.05) is 18.9 Å². The molecule has 2 aromatic rings. The summed E-state index contributed by atoms with van der Waals surface area (Å²) in [6.45, 7) is 0. The molecule has 3 N–H and O–H groups in total. The van der Waals surface area contributed by atoms with E-state index < -0.39 is 0 Å². The van der Waals surface area contributed by atoms with Crippen molar-refractivity contribution in [3.05, 3.63) is 29.3 Å². The molecule has 1 aliphatic rings. The molecule has 3 rings (SSSR count). The lowest BCUT2D eigenvalue weighted by molar-refractivity contribution is 0.696. The molecule has 0 aromatic carbocycles. The minimum absolute atomic E-state index is 0.568. The van der Waals surface area contributed by atoms with E-state index in [4.69, 9.17) is 10.8 Å². The normalized spacial score (nSPS) is 16.1. The van der Waals surface area contributed by atoms with Crippen LogP contribution in [0.2, 0.25) is 0 Å². The Balaban J connectivity index is 2.01. The molecule has 4 nitrogen and oxygen atoms in total. The van der Waals surface area contributed by atoms with Gasteiger partial charge in [-0.3, -0.25) is 0 Å². The van der Waals surface area contributed by atoms with Crippen LogP contribution in [0, 0.1) is 0 Å². The second-order valence-corrected chi connectivity index (χ2v) is 5.55. The van der Waals surface area contributed by atoms with E-state index in [1.807, 2.05) is 23.6 Å². The van der Waals surface area contributed by atoms with Gasteiger partial charge in [-0.05, 0) is 24.3 Å². The van der Waals surface area contributed by atoms with E-state index in [1.165, 1.54) is 25.7 Å². The lowest BCUT2D eigenvalue weighted by Crippen LogP contribution is -2.11. The van der Waals surface area contributed by atoms with Gasteiger partial charge in [-0.25, -0.2) is 15.8 Å². The summed E-state index contributed by atoms with van der Waals surface area (Å²) < 4.78 is 0. The lowest BCUT2D eigenvalue weighted by atomic mass is 10.0. The molecule has 18 heavy (non-hydrogen) atoms. The van der Waals surface area contributed by atoms with Crippen LogP contribution in [-0.4, -0.2) is 9.97 Å². The predicted molar refractivity (Wildman–Crippen MR) is 74.4 cm³/mol. The van der Waals surface area contributed by atoms with Crippen molar-refractivity contribution in [3.63, 3.8) is 0 Å². The Kier molecular flexibility index (Phi) is 3.25. The van der Waals surface area contributed by atoms with Gasteiger partial charge in [0.1, 0.15) is 5.82 Å². The van der Waals surface area contributed by atoms with E-state index in [0.717, 1.165) is 16.4 Å². The van der Waals surface area contributed by atoms with Crippen molar-refractivity contribution in [1.29, 1.82) is 0 Å². The van der Waals surface area contributed by atoms with Crippen molar-refractivity contribution in [2.24, 2.45) is 5.84 Å². The first kappa shape index (κ1) is 11.6. The summed E-state index contributed by atoms with van der Waals surface area (Å²) in [7, 11) is 0. The highest BCUT2D eigenvalue weighted by Crippen LogP contribution is 2.34. The molecule has 1 saturated carbocycles. The first-order valence-corrected chi connectivity index (χ1v) is 7.14. The van der Waals surface area contributed by atoms with Crippen LogP contribution in [-0.2, 0) is 0 Å². The third kappa shape index (κ3) is 2.23. The third-order valence-corrected chi connectivity index (χ3v) is 4.27. The SMILES string of the molecule is NNc1cc(C2CCCC2)nc(-c2cccs2)n1. The van der Waals surface area contributed by atoms with E-state index >= 15 is 0 Å². The van der Waals surface area contributed by atoms with E-state index in [2.05, 4.69) is 10.4 Å². The zero-order chi connectivity index (χ0) is 12.4. The molecule has 0 spiro atoms. The van der Waals surface area contributed by atoms with Crippen LogP contribution in [0.5, 0.6) is 0 Å². The summed E-state index contributed by atoms with van der Waals surface area (Å²) in [6, 6.07) is 6.03. The zero-order valence-corrected chi connectivity index (χ0v) is 10.9. The van der Waals surface area contributed by atoms with E-state index in [-0.39, 0.29) is 0 Å². The standard InChI is InChI=1S/C13H16N4S/c14-17-12-8-10(9-4-1-2-5-9)15-13(16-12)11-6-3-7-18-11/h3,6-9H,1-2,4-5,14H2,(H,15,16,17). The molecule has 2 aromatic heterocycles. The summed E-state index contributed by atoms with van der Waals surface area (Å²) in [5.41, 5.74) is 3.77. The Morgan fingerprint density at radius 1 is 1.28 bits per heavy atom. The second-order valence-electron chi connectivity index (χ2n) is 4.60. The van der Waals surface area contributed by atoms with Gasteiger partial charge in [0.25, 0.3) is 0 Å². The molecule has 94 valence electrons. The molecule has 0 saturated heterocycles. The van der Waals surface area contributed by atoms with Crippen LogP contribution < -0.4 is 11.3 Å². The summed E-state index contributed by atoms with van der Waals surface area (Å²) in [5.74, 6) is 7.56. The van der Waals surface area contributed by atoms with Crippen LogP contribution >= 0.6 is 11.3 Å². The number of nitrogens with two attached hydrogens (primary N) is 1. The maximum atomic E-state index is 5.50. The molecule has 1 aliphatic carbocycles. The van der Waals surface area contributed by atoms with Gasteiger partial charge >= 0.3 is 0 Å². The Bertz CT molecular complexity index is 518. The van der Waals surface area contributed by atoms with E-state index in [1.54, 1.807) is 11.3 Å². The Hall–Kier alpha value is -1.46. The summed E-state index contributed by atoms with van der Waals surface area (Å²) >= 11 is 1.65. The highest BCUT2D eigenvalue weighted by Gasteiger charge is 2.20. The van der Waals surface area contributed by atoms with Crippen molar-refractivity contribution >= 4 is 17.2 Å². The minimum Gasteiger partial charge on any atom is -0.308 e. The molecule has 1 fully saturated rings. The van der Waals surface area contributed by atoms with Crippen LogP contribution in [0.25, 0.3) is 10.7 Å². The number of aromatic nitrogens is 2. The number of nitrogen functional groups attached to an aromatic ring is 1. The van der Waals surface area contributed by atoms with Gasteiger partial charge in [-0.15, -0.1) is 11.3 Å². The van der Waals surface area contributed by atoms with Crippen molar-refractivity contribution in [1.82, 2.24) is 9.97 Å². The molecule has 0 radical (unpaired) electrons. The van der Waals surface area contributed by atoms with Gasteiger partial charge in [0, 0.05) is 17.7 Å². The zero-order valence-electron chi connectivity index (χ0n) is 10.1. The van der Waals surface area contributed by atoms with Crippen molar-refractivity contribution in [3.8, 4) is 10.7 Å². The van der Waals surface area contributed by atoms with Crippen LogP contribution in [0.15, 0.2) is 23.6 Å². The molecular weight excluding hydrogens is 244 g/mol. The van der Waals surface area contributed by atoms with Gasteiger partial charge in [-0.2, -0.15) is 0 Å². The minimum atomic E-state index is 0.568. The maximum Gasteiger partial charge on any atom is 0.171 e. The molecule has 0 bridgehead atoms. The summed E-state index contributed by atoms with van der Waals surface area (Å²) in [4.78, 5) is 10.2. The fourth-order valence-corrected chi connectivity index (χ4v) is 3.14. The van der Waals surface area contributed by atoms with Crippen molar-refractivity contribution in [2.45, 2.75) is 31.6 Å². The monoisotopic (exact) mass is 260 g/mol. The molecular formula is C13H16N4S. The largest absolute Gasteiger partial charge is 0.308 e. The van der Waals surface area contributed by atoms with Crippen LogP contribution in [0.1, 0.15) is 37.3 Å². The molecule has 2 heterocycles. The number of thiophene rings is 1. The van der Waals surface area contributed by atoms with Gasteiger partial charge in [0.2, 0.25) is 0 Å². The van der Waals surface area contributed by atoms with Gasteiger partial charge in [0.05, 0.1) is 4.88 Å². The number of hydrazine groups is 1. The smallest absolute Gasteiger partial charge is 0.171 e. The molecule has 0 amide bonds.